The van der Waals surface area contributed by atoms with Crippen molar-refractivity contribution in [3.05, 3.63) is 425 Å². The fourth-order valence-electron chi connectivity index (χ4n) is 21.5. The van der Waals surface area contributed by atoms with Gasteiger partial charge in [0.05, 0.1) is 66.2 Å². The lowest BCUT2D eigenvalue weighted by atomic mass is 9.33. The second-order valence-electron chi connectivity index (χ2n) is 36.6. The molecule has 6 heterocycles. The zero-order chi connectivity index (χ0) is 96.4. The summed E-state index contributed by atoms with van der Waals surface area (Å²) in [6, 6.07) is 85.6. The molecule has 2 aliphatic carbocycles. The average molecular weight is 1600 g/mol. The Hall–Kier alpha value is -14.4. The minimum Gasteiger partial charge on any atom is -0.457 e. The molecule has 0 amide bonds. The van der Waals surface area contributed by atoms with Crippen molar-refractivity contribution >= 4 is 101 Å². The number of rotatable bonds is 6. The molecule has 4 aliphatic heterocycles. The number of nitrogens with zero attached hydrogens (tertiary/aromatic N) is 4. The lowest BCUT2D eigenvalue weighted by Crippen LogP contribution is -2.61. The van der Waals surface area contributed by atoms with Gasteiger partial charge in [0.25, 0.3) is 6.71 Å². The van der Waals surface area contributed by atoms with Crippen molar-refractivity contribution in [2.45, 2.75) is 89.4 Å². The van der Waals surface area contributed by atoms with Crippen LogP contribution in [0.2, 0.25) is 0 Å². The molecule has 19 aromatic rings. The number of hydrogen-bond donors (Lipinski definition) is 0. The molecule has 0 bridgehead atoms. The Balaban J connectivity index is 0.816. The molecule has 6 nitrogen and oxygen atoms in total. The fraction of sp³-hybridized carbons (Fsp3) is 0.121. The highest BCUT2D eigenvalue weighted by Crippen LogP contribution is 2.66. The minimum atomic E-state index is -0.813. The van der Waals surface area contributed by atoms with Gasteiger partial charge in [-0.2, -0.15) is 0 Å². The van der Waals surface area contributed by atoms with E-state index in [1.165, 1.54) is 0 Å². The Morgan fingerprint density at radius 2 is 0.593 bits per heavy atom. The number of fused-ring (bicyclic) bond motifs is 28. The standard InChI is InChI=1S/C116H87BN4O2/c1-112(2,3)72-52-60-101(85(64-72)70-50-56-93-109(62-70)122-107-48-28-22-42-91(107)115(93)87-38-18-10-30-77(87)78-31-11-19-39-88(78)115)120-103-68-75(118-97-44-24-14-34-81(97)82-35-15-25-45-98(82)118)54-58-95(103)117-96-59-55-76(119-99-46-26-16-36-83(99)84-37-17-27-47-100(84)119)69-104(96)121(106-67-74(114(7,8)9)66-105(120)111(106)117)102-61-53-73(113(4,5)6)65-86(102)71-51-57-94-110(63-71)123-108-49-29-23-43-92(108)116(94)89-40-20-12-32-79(89)80-33-13-21-41-90(80)116/h10-69H,1-9H3/i14D,15D,16D,17D,24D,25D,26D,27D,34D,35D,36D,37D,44D,45D,46D,47D. The van der Waals surface area contributed by atoms with Crippen molar-refractivity contribution in [3.8, 4) is 78.9 Å². The first kappa shape index (κ1) is 56.9. The molecule has 123 heavy (non-hydrogen) atoms. The van der Waals surface area contributed by atoms with Gasteiger partial charge in [-0.3, -0.25) is 0 Å². The van der Waals surface area contributed by atoms with Crippen molar-refractivity contribution in [1.82, 2.24) is 9.13 Å². The van der Waals surface area contributed by atoms with Gasteiger partial charge in [-0.15, -0.1) is 0 Å². The lowest BCUT2D eigenvalue weighted by molar-refractivity contribution is 0.436. The number of hydrogen-bond acceptors (Lipinski definition) is 4. The van der Waals surface area contributed by atoms with Gasteiger partial charge in [-0.25, -0.2) is 0 Å². The van der Waals surface area contributed by atoms with Crippen LogP contribution < -0.4 is 35.7 Å². The van der Waals surface area contributed by atoms with E-state index in [4.69, 9.17) is 9.47 Å². The molecule has 0 fully saturated rings. The maximum absolute atomic E-state index is 10.00. The molecule has 0 atom stereocenters. The Morgan fingerprint density at radius 1 is 0.268 bits per heavy atom. The number of anilines is 6. The van der Waals surface area contributed by atoms with Crippen LogP contribution in [-0.2, 0) is 27.1 Å². The predicted octanol–water partition coefficient (Wildman–Crippen LogP) is 28.1. The van der Waals surface area contributed by atoms with Gasteiger partial charge in [0.15, 0.2) is 0 Å². The molecule has 0 N–H and O–H groups in total. The summed E-state index contributed by atoms with van der Waals surface area (Å²) in [5.74, 6) is 2.71. The summed E-state index contributed by atoms with van der Waals surface area (Å²) in [6.07, 6.45) is 0. The molecule has 0 radical (unpaired) electrons. The quantitative estimate of drug-likeness (QED) is 0.155. The lowest BCUT2D eigenvalue weighted by Gasteiger charge is -2.46. The van der Waals surface area contributed by atoms with Crippen LogP contribution in [0.5, 0.6) is 23.0 Å². The molecule has 17 aromatic carbocycles. The predicted molar refractivity (Wildman–Crippen MR) is 511 cm³/mol. The second-order valence-corrected chi connectivity index (χ2v) is 36.6. The van der Waals surface area contributed by atoms with E-state index in [-0.39, 0.29) is 43.6 Å². The Morgan fingerprint density at radius 3 is 0.951 bits per heavy atom. The third-order valence-electron chi connectivity index (χ3n) is 27.0. The Labute approximate surface area is 740 Å². The number of ether oxygens (including phenoxy) is 2. The van der Waals surface area contributed by atoms with Crippen LogP contribution in [0.25, 0.3) is 99.5 Å². The maximum Gasteiger partial charge on any atom is 0.252 e. The second kappa shape index (κ2) is 25.6. The topological polar surface area (TPSA) is 34.8 Å². The van der Waals surface area contributed by atoms with Crippen LogP contribution in [0.15, 0.2) is 364 Å². The third-order valence-corrected chi connectivity index (χ3v) is 27.0. The first-order valence-electron chi connectivity index (χ1n) is 50.2. The van der Waals surface area contributed by atoms with E-state index in [1.807, 2.05) is 60.7 Å². The molecule has 6 aliphatic rings. The third kappa shape index (κ3) is 9.93. The van der Waals surface area contributed by atoms with E-state index >= 15 is 0 Å². The monoisotopic (exact) mass is 1590 g/mol. The van der Waals surface area contributed by atoms with E-state index in [2.05, 4.69) is 278 Å². The van der Waals surface area contributed by atoms with Gasteiger partial charge >= 0.3 is 0 Å². The summed E-state index contributed by atoms with van der Waals surface area (Å²) >= 11 is 0. The van der Waals surface area contributed by atoms with Gasteiger partial charge in [0, 0.05) is 89.0 Å². The van der Waals surface area contributed by atoms with Crippen LogP contribution in [-0.4, -0.2) is 15.8 Å². The summed E-state index contributed by atoms with van der Waals surface area (Å²) in [6.45, 7) is 18.9. The van der Waals surface area contributed by atoms with Gasteiger partial charge < -0.3 is 28.4 Å². The Kier molecular flexibility index (Phi) is 11.8. The normalized spacial score (nSPS) is 16.3. The molecule has 0 saturated heterocycles. The molecule has 25 rings (SSSR count). The molecule has 0 saturated carbocycles. The zero-order valence-electron chi connectivity index (χ0n) is 85.1. The SMILES string of the molecule is [2H]c1c([2H])c([2H])c2c(c1[2H])c1c([2H])c([2H])c([2H])c([2H])c1n2-c1ccc2c(c1)N(c1ccc(C(C)(C)C)cc1-c1ccc3c(c1)Oc1ccccc1C31c3ccccc3-c3ccccc31)c1cc(C(C)(C)C)cc3c1B2c1ccc(-n2c4c([2H])c([2H])c([2H])c([2H])c4c4c([2H])c([2H])c([2H])c([2H])c42)cc1N3c1ccc(C(C)(C)C)cc1-c1ccc2c(c1)Oc1ccccc1C21c2ccccc2-c2ccccc21. The van der Waals surface area contributed by atoms with Crippen LogP contribution >= 0.6 is 0 Å². The maximum atomic E-state index is 10.00. The highest BCUT2D eigenvalue weighted by atomic mass is 16.5. The van der Waals surface area contributed by atoms with Gasteiger partial charge in [0.1, 0.15) is 23.0 Å². The highest BCUT2D eigenvalue weighted by molar-refractivity contribution is 7.00. The first-order chi connectivity index (χ1) is 66.5. The molecule has 7 heteroatoms. The van der Waals surface area contributed by atoms with E-state index in [1.54, 1.807) is 9.13 Å². The zero-order valence-corrected chi connectivity index (χ0v) is 69.1. The fourth-order valence-corrected chi connectivity index (χ4v) is 21.5. The van der Waals surface area contributed by atoms with Crippen molar-refractivity contribution in [1.29, 1.82) is 0 Å². The summed E-state index contributed by atoms with van der Waals surface area (Å²) in [7, 11) is 0. The molecule has 0 unspecified atom stereocenters. The summed E-state index contributed by atoms with van der Waals surface area (Å²) in [4.78, 5) is 4.61. The van der Waals surface area contributed by atoms with Crippen molar-refractivity contribution < 1.29 is 31.4 Å². The van der Waals surface area contributed by atoms with Crippen molar-refractivity contribution in [3.63, 3.8) is 0 Å². The van der Waals surface area contributed by atoms with Crippen molar-refractivity contribution in [2.75, 3.05) is 9.80 Å². The summed E-state index contributed by atoms with van der Waals surface area (Å²) < 4.78 is 171. The molecule has 586 valence electrons. The van der Waals surface area contributed by atoms with Gasteiger partial charge in [0.2, 0.25) is 0 Å². The van der Waals surface area contributed by atoms with E-state index in [9.17, 15) is 21.9 Å². The van der Waals surface area contributed by atoms with E-state index in [0.717, 1.165) is 133 Å². The minimum absolute atomic E-state index is 0.0626. The van der Waals surface area contributed by atoms with Gasteiger partial charge in [-0.05, 0) is 214 Å². The van der Waals surface area contributed by atoms with Crippen LogP contribution in [0, 0.1) is 0 Å². The molecular formula is C116H87BN4O2. The first-order valence-corrected chi connectivity index (χ1v) is 42.2. The largest absolute Gasteiger partial charge is 0.457 e. The van der Waals surface area contributed by atoms with E-state index in [0.29, 0.717) is 57.1 Å². The van der Waals surface area contributed by atoms with E-state index < -0.39 is 130 Å². The Bertz CT molecular complexity index is 8120. The van der Waals surface area contributed by atoms with Crippen molar-refractivity contribution in [2.24, 2.45) is 0 Å². The van der Waals surface area contributed by atoms with Gasteiger partial charge in [-0.1, -0.05) is 317 Å². The smallest absolute Gasteiger partial charge is 0.252 e. The molecule has 2 spiro atoms. The summed E-state index contributed by atoms with van der Waals surface area (Å²) in [5.41, 5.74) is 22.5. The summed E-state index contributed by atoms with van der Waals surface area (Å²) in [5, 5.41) is -0.333. The highest BCUT2D eigenvalue weighted by Gasteiger charge is 2.54. The number of aromatic nitrogens is 2. The number of para-hydroxylation sites is 6. The van der Waals surface area contributed by atoms with Crippen LogP contribution in [0.1, 0.15) is 145 Å². The molecular weight excluding hydrogens is 1490 g/mol. The van der Waals surface area contributed by atoms with Crippen LogP contribution in [0.4, 0.5) is 34.1 Å². The number of benzene rings is 17. The molecule has 2 aromatic heterocycles. The average Bonchev–Trinajstić information content (AvgIpc) is 1.66. The van der Waals surface area contributed by atoms with Crippen LogP contribution in [0.3, 0.4) is 0 Å².